The van der Waals surface area contributed by atoms with Crippen molar-refractivity contribution < 1.29 is 4.42 Å². The van der Waals surface area contributed by atoms with Gasteiger partial charge in [0.05, 0.1) is 0 Å². The number of nitrogens with zero attached hydrogens (tertiary/aromatic N) is 2. The second kappa shape index (κ2) is 5.31. The largest absolute Gasteiger partial charge is 0.423 e. The molecule has 0 N–H and O–H groups in total. The highest BCUT2D eigenvalue weighted by Crippen LogP contribution is 2.31. The Hall–Kier alpha value is -1.03. The van der Waals surface area contributed by atoms with Crippen molar-refractivity contribution in [3.05, 3.63) is 24.3 Å². The van der Waals surface area contributed by atoms with E-state index >= 15 is 0 Å². The molecule has 1 aliphatic rings. The molecule has 0 amide bonds. The third-order valence-electron chi connectivity index (χ3n) is 3.58. The fourth-order valence-corrected chi connectivity index (χ4v) is 2.60. The third kappa shape index (κ3) is 2.26. The lowest BCUT2D eigenvalue weighted by molar-refractivity contribution is 0.366. The first-order chi connectivity index (χ1) is 8.88. The Morgan fingerprint density at radius 3 is 2.83 bits per heavy atom. The van der Waals surface area contributed by atoms with Gasteiger partial charge >= 0.3 is 0 Å². The maximum atomic E-state index is 5.88. The van der Waals surface area contributed by atoms with Crippen LogP contribution < -0.4 is 4.90 Å². The van der Waals surface area contributed by atoms with Crippen LogP contribution in [0, 0.1) is 0 Å². The van der Waals surface area contributed by atoms with Gasteiger partial charge in [-0.2, -0.15) is 4.98 Å². The van der Waals surface area contributed by atoms with Gasteiger partial charge in [-0.3, -0.25) is 0 Å². The summed E-state index contributed by atoms with van der Waals surface area (Å²) in [4.78, 5) is 6.95. The second-order valence-corrected chi connectivity index (χ2v) is 5.58. The highest BCUT2D eigenvalue weighted by molar-refractivity contribution is 9.09. The lowest BCUT2D eigenvalue weighted by Crippen LogP contribution is -2.41. The average molecular weight is 309 g/mol. The number of oxazole rings is 1. The molecule has 1 aromatic heterocycles. The first-order valence-corrected chi connectivity index (χ1v) is 7.69. The SMILES string of the molecule is BrCCCN(c1nc2ccccc2o1)C1CCC1. The molecule has 3 rings (SSSR count). The van der Waals surface area contributed by atoms with Crippen LogP contribution >= 0.6 is 15.9 Å². The lowest BCUT2D eigenvalue weighted by atomic mass is 9.91. The molecule has 1 aliphatic carbocycles. The summed E-state index contributed by atoms with van der Waals surface area (Å²) in [6.45, 7) is 1.02. The average Bonchev–Trinajstić information content (AvgIpc) is 2.75. The zero-order valence-corrected chi connectivity index (χ0v) is 11.9. The van der Waals surface area contributed by atoms with Gasteiger partial charge < -0.3 is 9.32 Å². The van der Waals surface area contributed by atoms with Gasteiger partial charge in [-0.15, -0.1) is 0 Å². The number of rotatable bonds is 5. The van der Waals surface area contributed by atoms with Crippen molar-refractivity contribution in [1.29, 1.82) is 0 Å². The van der Waals surface area contributed by atoms with E-state index in [1.807, 2.05) is 24.3 Å². The molecular formula is C14H17BrN2O. The van der Waals surface area contributed by atoms with Crippen molar-refractivity contribution in [3.63, 3.8) is 0 Å². The van der Waals surface area contributed by atoms with Crippen molar-refractivity contribution in [2.24, 2.45) is 0 Å². The fraction of sp³-hybridized carbons (Fsp3) is 0.500. The zero-order chi connectivity index (χ0) is 12.4. The van der Waals surface area contributed by atoms with E-state index in [2.05, 4.69) is 25.8 Å². The third-order valence-corrected chi connectivity index (χ3v) is 4.14. The van der Waals surface area contributed by atoms with E-state index in [9.17, 15) is 0 Å². The summed E-state index contributed by atoms with van der Waals surface area (Å²) in [6.07, 6.45) is 4.98. The normalized spacial score (nSPS) is 15.8. The quantitative estimate of drug-likeness (QED) is 0.783. The van der Waals surface area contributed by atoms with E-state index in [0.717, 1.165) is 35.4 Å². The molecule has 0 radical (unpaired) electrons. The topological polar surface area (TPSA) is 29.3 Å². The van der Waals surface area contributed by atoms with Crippen LogP contribution in [0.1, 0.15) is 25.7 Å². The van der Waals surface area contributed by atoms with Crippen molar-refractivity contribution in [1.82, 2.24) is 4.98 Å². The van der Waals surface area contributed by atoms with Gasteiger partial charge in [0.2, 0.25) is 0 Å². The first-order valence-electron chi connectivity index (χ1n) is 6.56. The van der Waals surface area contributed by atoms with Crippen LogP contribution in [-0.2, 0) is 0 Å². The van der Waals surface area contributed by atoms with E-state index in [1.54, 1.807) is 0 Å². The predicted molar refractivity (Wildman–Crippen MR) is 77.4 cm³/mol. The summed E-state index contributed by atoms with van der Waals surface area (Å²) < 4.78 is 5.88. The van der Waals surface area contributed by atoms with Crippen LogP contribution in [0.25, 0.3) is 11.1 Å². The molecule has 0 spiro atoms. The number of para-hydroxylation sites is 2. The molecule has 0 unspecified atom stereocenters. The highest BCUT2D eigenvalue weighted by Gasteiger charge is 2.27. The number of fused-ring (bicyclic) bond motifs is 1. The molecule has 0 saturated heterocycles. The van der Waals surface area contributed by atoms with Gasteiger partial charge in [-0.1, -0.05) is 28.1 Å². The Morgan fingerprint density at radius 1 is 1.33 bits per heavy atom. The van der Waals surface area contributed by atoms with Crippen LogP contribution in [0.5, 0.6) is 0 Å². The number of hydrogen-bond acceptors (Lipinski definition) is 3. The summed E-state index contributed by atoms with van der Waals surface area (Å²) in [5.74, 6) is 0. The van der Waals surface area contributed by atoms with Crippen molar-refractivity contribution in [2.75, 3.05) is 16.8 Å². The number of anilines is 1. The maximum Gasteiger partial charge on any atom is 0.298 e. The monoisotopic (exact) mass is 308 g/mol. The molecule has 4 heteroatoms. The van der Waals surface area contributed by atoms with Gasteiger partial charge in [-0.05, 0) is 37.8 Å². The number of halogens is 1. The summed E-state index contributed by atoms with van der Waals surface area (Å²) in [7, 11) is 0. The molecule has 2 aromatic rings. The van der Waals surface area contributed by atoms with Gasteiger partial charge in [0.1, 0.15) is 5.52 Å². The summed E-state index contributed by atoms with van der Waals surface area (Å²) in [5.41, 5.74) is 1.84. The highest BCUT2D eigenvalue weighted by atomic mass is 79.9. The standard InChI is InChI=1S/C14H17BrN2O/c15-9-4-10-17(11-5-3-6-11)14-16-12-7-1-2-8-13(12)18-14/h1-2,7-8,11H,3-6,9-10H2. The van der Waals surface area contributed by atoms with E-state index in [4.69, 9.17) is 4.42 Å². The maximum absolute atomic E-state index is 5.88. The van der Waals surface area contributed by atoms with Crippen LogP contribution in [0.4, 0.5) is 6.01 Å². The van der Waals surface area contributed by atoms with E-state index in [1.165, 1.54) is 19.3 Å². The predicted octanol–water partition coefficient (Wildman–Crippen LogP) is 3.97. The van der Waals surface area contributed by atoms with Crippen molar-refractivity contribution in [3.8, 4) is 0 Å². The Bertz CT molecular complexity index is 488. The minimum Gasteiger partial charge on any atom is -0.423 e. The molecule has 1 aromatic carbocycles. The first kappa shape index (κ1) is 12.0. The van der Waals surface area contributed by atoms with Crippen molar-refractivity contribution in [2.45, 2.75) is 31.7 Å². The molecule has 3 nitrogen and oxygen atoms in total. The van der Waals surface area contributed by atoms with E-state index in [-0.39, 0.29) is 0 Å². The summed E-state index contributed by atoms with van der Waals surface area (Å²) >= 11 is 3.50. The van der Waals surface area contributed by atoms with Crippen LogP contribution in [-0.4, -0.2) is 22.9 Å². The van der Waals surface area contributed by atoms with Gasteiger partial charge in [0, 0.05) is 17.9 Å². The van der Waals surface area contributed by atoms with Gasteiger partial charge in [0.15, 0.2) is 5.58 Å². The molecule has 0 bridgehead atoms. The lowest BCUT2D eigenvalue weighted by Gasteiger charge is -2.36. The summed E-state index contributed by atoms with van der Waals surface area (Å²) in [5, 5.41) is 1.02. The van der Waals surface area contributed by atoms with Crippen LogP contribution in [0.15, 0.2) is 28.7 Å². The molecule has 96 valence electrons. The Labute approximate surface area is 115 Å². The fourth-order valence-electron chi connectivity index (χ4n) is 2.35. The number of hydrogen-bond donors (Lipinski definition) is 0. The van der Waals surface area contributed by atoms with Gasteiger partial charge in [-0.25, -0.2) is 0 Å². The minimum atomic E-state index is 0.622. The van der Waals surface area contributed by atoms with Crippen molar-refractivity contribution >= 4 is 33.0 Å². The number of alkyl halides is 1. The Balaban J connectivity index is 1.87. The number of aromatic nitrogens is 1. The minimum absolute atomic E-state index is 0.622. The van der Waals surface area contributed by atoms with E-state index in [0.29, 0.717) is 6.04 Å². The molecule has 0 aliphatic heterocycles. The second-order valence-electron chi connectivity index (χ2n) is 4.78. The molecule has 1 fully saturated rings. The number of benzene rings is 1. The Morgan fingerprint density at radius 2 is 2.17 bits per heavy atom. The van der Waals surface area contributed by atoms with Crippen LogP contribution in [0.3, 0.4) is 0 Å². The zero-order valence-electron chi connectivity index (χ0n) is 10.3. The molecule has 18 heavy (non-hydrogen) atoms. The smallest absolute Gasteiger partial charge is 0.298 e. The molecule has 0 atom stereocenters. The van der Waals surface area contributed by atoms with Crippen LogP contribution in [0.2, 0.25) is 0 Å². The summed E-state index contributed by atoms with van der Waals surface area (Å²) in [6, 6.07) is 9.39. The Kier molecular flexibility index (Phi) is 3.55. The molecular weight excluding hydrogens is 292 g/mol. The van der Waals surface area contributed by atoms with Gasteiger partial charge in [0.25, 0.3) is 6.01 Å². The molecule has 1 saturated carbocycles. The van der Waals surface area contributed by atoms with E-state index < -0.39 is 0 Å². The molecule has 1 heterocycles.